The molecule has 0 spiro atoms. The summed E-state index contributed by atoms with van der Waals surface area (Å²) in [6.07, 6.45) is 4.44. The number of aryl methyl sites for hydroxylation is 1. The van der Waals surface area contributed by atoms with Crippen LogP contribution in [0.15, 0.2) is 24.3 Å². The Kier molecular flexibility index (Phi) is 3.91. The average molecular weight is 231 g/mol. The van der Waals surface area contributed by atoms with Crippen molar-refractivity contribution in [2.75, 3.05) is 13.1 Å². The first-order valence-corrected chi connectivity index (χ1v) is 6.11. The third-order valence-electron chi connectivity index (χ3n) is 3.20. The summed E-state index contributed by atoms with van der Waals surface area (Å²) < 4.78 is 0. The lowest BCUT2D eigenvalue weighted by atomic mass is 10.1. The number of benzene rings is 1. The fraction of sp³-hybridized carbons (Fsp3) is 0.429. The summed E-state index contributed by atoms with van der Waals surface area (Å²) in [5, 5.41) is 0. The molecule has 3 heteroatoms. The molecule has 0 unspecified atom stereocenters. The molecular weight excluding hydrogens is 214 g/mol. The Bertz CT molecular complexity index is 391. The number of carbonyl (C=O) groups excluding carboxylic acids is 2. The highest BCUT2D eigenvalue weighted by atomic mass is 16.2. The minimum atomic E-state index is 0.252. The largest absolute Gasteiger partial charge is 0.343 e. The molecule has 1 amide bonds. The van der Waals surface area contributed by atoms with Gasteiger partial charge in [-0.05, 0) is 24.8 Å². The first-order valence-electron chi connectivity index (χ1n) is 6.11. The second-order valence-corrected chi connectivity index (χ2v) is 4.45. The van der Waals surface area contributed by atoms with Gasteiger partial charge in [-0.3, -0.25) is 9.59 Å². The number of aldehydes is 1. The van der Waals surface area contributed by atoms with E-state index in [4.69, 9.17) is 0 Å². The number of carbonyl (C=O) groups is 2. The molecule has 90 valence electrons. The summed E-state index contributed by atoms with van der Waals surface area (Å²) in [5.41, 5.74) is 1.79. The van der Waals surface area contributed by atoms with Crippen molar-refractivity contribution >= 4 is 12.2 Å². The van der Waals surface area contributed by atoms with E-state index in [1.807, 2.05) is 17.0 Å². The van der Waals surface area contributed by atoms with Crippen molar-refractivity contribution in [3.8, 4) is 0 Å². The molecule has 1 aliphatic rings. The highest BCUT2D eigenvalue weighted by molar-refractivity contribution is 5.77. The topological polar surface area (TPSA) is 37.4 Å². The molecule has 1 aromatic carbocycles. The van der Waals surface area contributed by atoms with Crippen LogP contribution in [-0.2, 0) is 11.2 Å². The van der Waals surface area contributed by atoms with Crippen LogP contribution in [0.25, 0.3) is 0 Å². The Morgan fingerprint density at radius 3 is 2.41 bits per heavy atom. The molecule has 0 aliphatic carbocycles. The van der Waals surface area contributed by atoms with Gasteiger partial charge < -0.3 is 4.90 Å². The highest BCUT2D eigenvalue weighted by Crippen LogP contribution is 2.11. The first-order chi connectivity index (χ1) is 8.29. The van der Waals surface area contributed by atoms with Gasteiger partial charge in [-0.1, -0.05) is 24.3 Å². The van der Waals surface area contributed by atoms with Gasteiger partial charge in [0.1, 0.15) is 6.29 Å². The zero-order valence-corrected chi connectivity index (χ0v) is 9.89. The van der Waals surface area contributed by atoms with Crippen LogP contribution in [0.4, 0.5) is 0 Å². The van der Waals surface area contributed by atoms with Crippen LogP contribution in [0.3, 0.4) is 0 Å². The SMILES string of the molecule is O=Cc1ccc(CCC(=O)N2CCCC2)cc1. The minimum absolute atomic E-state index is 0.252. The third kappa shape index (κ3) is 3.16. The standard InChI is InChI=1S/C14H17NO2/c16-11-13-5-3-12(4-6-13)7-8-14(17)15-9-1-2-10-15/h3-6,11H,1-2,7-10H2. The molecule has 17 heavy (non-hydrogen) atoms. The highest BCUT2D eigenvalue weighted by Gasteiger charge is 2.17. The van der Waals surface area contributed by atoms with E-state index in [2.05, 4.69) is 0 Å². The Balaban J connectivity index is 1.84. The summed E-state index contributed by atoms with van der Waals surface area (Å²) in [5.74, 6) is 0.252. The summed E-state index contributed by atoms with van der Waals surface area (Å²) in [6, 6.07) is 7.42. The van der Waals surface area contributed by atoms with E-state index in [1.54, 1.807) is 12.1 Å². The quantitative estimate of drug-likeness (QED) is 0.744. The average Bonchev–Trinajstić information content (AvgIpc) is 2.90. The molecule has 1 aliphatic heterocycles. The van der Waals surface area contributed by atoms with Gasteiger partial charge in [-0.15, -0.1) is 0 Å². The van der Waals surface area contributed by atoms with Crippen molar-refractivity contribution in [3.63, 3.8) is 0 Å². The van der Waals surface area contributed by atoms with E-state index in [0.717, 1.165) is 44.2 Å². The van der Waals surface area contributed by atoms with Crippen molar-refractivity contribution < 1.29 is 9.59 Å². The molecule has 0 saturated carbocycles. The molecule has 1 fully saturated rings. The molecule has 0 N–H and O–H groups in total. The second-order valence-electron chi connectivity index (χ2n) is 4.45. The molecule has 1 aromatic rings. The van der Waals surface area contributed by atoms with E-state index in [-0.39, 0.29) is 5.91 Å². The molecular formula is C14H17NO2. The number of nitrogens with zero attached hydrogens (tertiary/aromatic N) is 1. The van der Waals surface area contributed by atoms with E-state index in [9.17, 15) is 9.59 Å². The normalized spacial score (nSPS) is 14.9. The van der Waals surface area contributed by atoms with Crippen LogP contribution in [0.2, 0.25) is 0 Å². The molecule has 0 bridgehead atoms. The summed E-state index contributed by atoms with van der Waals surface area (Å²) in [6.45, 7) is 1.84. The lowest BCUT2D eigenvalue weighted by Crippen LogP contribution is -2.27. The van der Waals surface area contributed by atoms with Crippen LogP contribution < -0.4 is 0 Å². The van der Waals surface area contributed by atoms with Crippen molar-refractivity contribution in [1.29, 1.82) is 0 Å². The predicted molar refractivity (Wildman–Crippen MR) is 66.0 cm³/mol. The smallest absolute Gasteiger partial charge is 0.222 e. The van der Waals surface area contributed by atoms with Gasteiger partial charge >= 0.3 is 0 Å². The van der Waals surface area contributed by atoms with Crippen LogP contribution in [0, 0.1) is 0 Å². The van der Waals surface area contributed by atoms with E-state index >= 15 is 0 Å². The number of likely N-dealkylation sites (tertiary alicyclic amines) is 1. The summed E-state index contributed by atoms with van der Waals surface area (Å²) in [7, 11) is 0. The van der Waals surface area contributed by atoms with Gasteiger partial charge in [-0.25, -0.2) is 0 Å². The van der Waals surface area contributed by atoms with Gasteiger partial charge in [0, 0.05) is 25.1 Å². The molecule has 3 nitrogen and oxygen atoms in total. The Labute approximate surface area is 101 Å². The van der Waals surface area contributed by atoms with Crippen LogP contribution in [0.5, 0.6) is 0 Å². The van der Waals surface area contributed by atoms with E-state index in [1.165, 1.54) is 0 Å². The zero-order valence-electron chi connectivity index (χ0n) is 9.89. The maximum absolute atomic E-state index is 11.8. The number of hydrogen-bond donors (Lipinski definition) is 0. The minimum Gasteiger partial charge on any atom is -0.343 e. The first kappa shape index (κ1) is 11.8. The molecule has 1 heterocycles. The number of amides is 1. The van der Waals surface area contributed by atoms with Crippen molar-refractivity contribution in [2.24, 2.45) is 0 Å². The number of rotatable bonds is 4. The number of hydrogen-bond acceptors (Lipinski definition) is 2. The van der Waals surface area contributed by atoms with E-state index < -0.39 is 0 Å². The maximum atomic E-state index is 11.8. The fourth-order valence-electron chi connectivity index (χ4n) is 2.14. The summed E-state index contributed by atoms with van der Waals surface area (Å²) in [4.78, 5) is 24.3. The Hall–Kier alpha value is -1.64. The maximum Gasteiger partial charge on any atom is 0.222 e. The van der Waals surface area contributed by atoms with Gasteiger partial charge in [0.2, 0.25) is 5.91 Å². The van der Waals surface area contributed by atoms with Crippen molar-refractivity contribution in [2.45, 2.75) is 25.7 Å². The van der Waals surface area contributed by atoms with Crippen LogP contribution in [0.1, 0.15) is 35.2 Å². The Morgan fingerprint density at radius 2 is 1.82 bits per heavy atom. The molecule has 1 saturated heterocycles. The fourth-order valence-corrected chi connectivity index (χ4v) is 2.14. The molecule has 0 atom stereocenters. The predicted octanol–water partition coefficient (Wildman–Crippen LogP) is 2.05. The molecule has 0 radical (unpaired) electrons. The third-order valence-corrected chi connectivity index (χ3v) is 3.20. The Morgan fingerprint density at radius 1 is 1.18 bits per heavy atom. The van der Waals surface area contributed by atoms with Gasteiger partial charge in [-0.2, -0.15) is 0 Å². The van der Waals surface area contributed by atoms with Crippen LogP contribution >= 0.6 is 0 Å². The lowest BCUT2D eigenvalue weighted by molar-refractivity contribution is -0.130. The van der Waals surface area contributed by atoms with Gasteiger partial charge in [0.15, 0.2) is 0 Å². The second kappa shape index (κ2) is 5.62. The molecule has 2 rings (SSSR count). The van der Waals surface area contributed by atoms with Gasteiger partial charge in [0.25, 0.3) is 0 Å². The van der Waals surface area contributed by atoms with E-state index in [0.29, 0.717) is 12.0 Å². The zero-order chi connectivity index (χ0) is 12.1. The van der Waals surface area contributed by atoms with Crippen molar-refractivity contribution in [3.05, 3.63) is 35.4 Å². The monoisotopic (exact) mass is 231 g/mol. The summed E-state index contributed by atoms with van der Waals surface area (Å²) >= 11 is 0. The van der Waals surface area contributed by atoms with Crippen molar-refractivity contribution in [1.82, 2.24) is 4.90 Å². The lowest BCUT2D eigenvalue weighted by Gasteiger charge is -2.14. The van der Waals surface area contributed by atoms with Crippen LogP contribution in [-0.4, -0.2) is 30.2 Å². The molecule has 0 aromatic heterocycles. The van der Waals surface area contributed by atoms with Gasteiger partial charge in [0.05, 0.1) is 0 Å².